The number of nitrogens with one attached hydrogen (secondary N) is 2. The van der Waals surface area contributed by atoms with Crippen molar-refractivity contribution in [1.82, 2.24) is 25.0 Å². The second-order valence-corrected chi connectivity index (χ2v) is 6.91. The third-order valence-electron chi connectivity index (χ3n) is 5.16. The minimum Gasteiger partial charge on any atom is -0.338 e. The molecule has 1 atom stereocenters. The molecule has 136 valence electrons. The number of hydrogen-bond acceptors (Lipinski definition) is 4. The van der Waals surface area contributed by atoms with Gasteiger partial charge in [-0.05, 0) is 44.4 Å². The molecule has 0 saturated carbocycles. The van der Waals surface area contributed by atoms with Crippen LogP contribution in [0.15, 0.2) is 4.79 Å². The number of H-pyrrole nitrogens is 1. The van der Waals surface area contributed by atoms with Crippen molar-refractivity contribution in [3.8, 4) is 0 Å². The zero-order valence-corrected chi connectivity index (χ0v) is 15.5. The number of carbonyl (C=O) groups excluding carboxylic acids is 1. The Bertz CT molecular complexity index is 845. The molecule has 0 radical (unpaired) electrons. The first kappa shape index (κ1) is 17.7. The molecule has 1 fully saturated rings. The van der Waals surface area contributed by atoms with Gasteiger partial charge in [-0.3, -0.25) is 19.4 Å². The molecule has 7 heteroatoms. The van der Waals surface area contributed by atoms with Gasteiger partial charge in [0, 0.05) is 31.9 Å². The summed E-state index contributed by atoms with van der Waals surface area (Å²) < 4.78 is 1.64. The summed E-state index contributed by atoms with van der Waals surface area (Å²) in [6.45, 7) is 8.51. The molecular formula is C18H27N5O2. The molecule has 2 aromatic rings. The van der Waals surface area contributed by atoms with Gasteiger partial charge in [0.15, 0.2) is 5.65 Å². The Hall–Kier alpha value is -2.15. The fourth-order valence-corrected chi connectivity index (χ4v) is 3.82. The van der Waals surface area contributed by atoms with Crippen LogP contribution < -0.4 is 10.9 Å². The van der Waals surface area contributed by atoms with Gasteiger partial charge in [-0.2, -0.15) is 0 Å². The molecule has 0 spiro atoms. The molecule has 7 nitrogen and oxygen atoms in total. The van der Waals surface area contributed by atoms with Crippen molar-refractivity contribution < 1.29 is 4.79 Å². The number of aromatic amines is 1. The van der Waals surface area contributed by atoms with Crippen LogP contribution in [-0.4, -0.2) is 51.2 Å². The van der Waals surface area contributed by atoms with Gasteiger partial charge in [0.05, 0.1) is 11.8 Å². The van der Waals surface area contributed by atoms with Crippen molar-refractivity contribution in [2.24, 2.45) is 7.05 Å². The number of aromatic nitrogens is 3. The molecule has 1 amide bonds. The fourth-order valence-electron chi connectivity index (χ4n) is 3.82. The van der Waals surface area contributed by atoms with Crippen LogP contribution in [0.2, 0.25) is 0 Å². The standard InChI is InChI=1S/C18H27N5O2/c1-5-8-23(13-6-7-19-10-13)15(24)9-14-11(2)16-17(20-12(14)3)22(4)21-18(16)25/h13,19H,5-10H2,1-4H3,(H,21,25). The lowest BCUT2D eigenvalue weighted by Crippen LogP contribution is -2.43. The summed E-state index contributed by atoms with van der Waals surface area (Å²) in [6.07, 6.45) is 2.24. The number of aryl methyl sites for hydroxylation is 3. The molecule has 25 heavy (non-hydrogen) atoms. The van der Waals surface area contributed by atoms with E-state index in [0.717, 1.165) is 49.3 Å². The molecule has 1 aliphatic rings. The van der Waals surface area contributed by atoms with Crippen molar-refractivity contribution in [2.45, 2.75) is 46.1 Å². The Labute approximate surface area is 147 Å². The number of hydrogen-bond donors (Lipinski definition) is 2. The minimum absolute atomic E-state index is 0.121. The lowest BCUT2D eigenvalue weighted by molar-refractivity contribution is -0.132. The number of nitrogens with zero attached hydrogens (tertiary/aromatic N) is 3. The van der Waals surface area contributed by atoms with Crippen LogP contribution in [0.4, 0.5) is 0 Å². The Morgan fingerprint density at radius 1 is 1.40 bits per heavy atom. The molecule has 3 rings (SSSR count). The molecule has 0 aliphatic carbocycles. The van der Waals surface area contributed by atoms with Crippen LogP contribution in [0.3, 0.4) is 0 Å². The van der Waals surface area contributed by atoms with E-state index in [0.29, 0.717) is 17.5 Å². The van der Waals surface area contributed by atoms with Gasteiger partial charge in [-0.25, -0.2) is 4.98 Å². The molecule has 2 aromatic heterocycles. The van der Waals surface area contributed by atoms with Crippen molar-refractivity contribution in [2.75, 3.05) is 19.6 Å². The van der Waals surface area contributed by atoms with E-state index in [9.17, 15) is 9.59 Å². The van der Waals surface area contributed by atoms with Gasteiger partial charge in [-0.1, -0.05) is 6.92 Å². The van der Waals surface area contributed by atoms with E-state index in [-0.39, 0.29) is 17.5 Å². The Morgan fingerprint density at radius 3 is 2.80 bits per heavy atom. The Balaban J connectivity index is 1.94. The van der Waals surface area contributed by atoms with Crippen LogP contribution in [-0.2, 0) is 18.3 Å². The van der Waals surface area contributed by atoms with Gasteiger partial charge in [0.25, 0.3) is 5.56 Å². The summed E-state index contributed by atoms with van der Waals surface area (Å²) in [5, 5.41) is 6.66. The van der Waals surface area contributed by atoms with E-state index in [2.05, 4.69) is 22.3 Å². The van der Waals surface area contributed by atoms with E-state index >= 15 is 0 Å². The van der Waals surface area contributed by atoms with Crippen LogP contribution in [0.1, 0.15) is 36.6 Å². The Kier molecular flexibility index (Phi) is 4.94. The second kappa shape index (κ2) is 7.00. The zero-order valence-electron chi connectivity index (χ0n) is 15.5. The average molecular weight is 345 g/mol. The van der Waals surface area contributed by atoms with E-state index in [1.54, 1.807) is 11.7 Å². The van der Waals surface area contributed by atoms with E-state index < -0.39 is 0 Å². The monoisotopic (exact) mass is 345 g/mol. The van der Waals surface area contributed by atoms with Crippen LogP contribution in [0.25, 0.3) is 11.0 Å². The predicted molar refractivity (Wildman–Crippen MR) is 97.8 cm³/mol. The van der Waals surface area contributed by atoms with E-state index in [4.69, 9.17) is 0 Å². The first-order valence-electron chi connectivity index (χ1n) is 8.99. The molecule has 0 bridgehead atoms. The van der Waals surface area contributed by atoms with Crippen molar-refractivity contribution in [3.05, 3.63) is 27.2 Å². The molecule has 3 heterocycles. The van der Waals surface area contributed by atoms with Gasteiger partial charge in [-0.15, -0.1) is 0 Å². The van der Waals surface area contributed by atoms with Crippen LogP contribution >= 0.6 is 0 Å². The predicted octanol–water partition coefficient (Wildman–Crippen LogP) is 1.02. The van der Waals surface area contributed by atoms with Gasteiger partial charge in [0.1, 0.15) is 0 Å². The fraction of sp³-hybridized carbons (Fsp3) is 0.611. The normalized spacial score (nSPS) is 17.4. The van der Waals surface area contributed by atoms with E-state index in [1.165, 1.54) is 0 Å². The Morgan fingerprint density at radius 2 is 2.16 bits per heavy atom. The number of fused-ring (bicyclic) bond motifs is 1. The molecule has 1 aliphatic heterocycles. The van der Waals surface area contributed by atoms with E-state index in [1.807, 2.05) is 18.7 Å². The first-order chi connectivity index (χ1) is 11.9. The lowest BCUT2D eigenvalue weighted by Gasteiger charge is -2.28. The zero-order chi connectivity index (χ0) is 18.1. The highest BCUT2D eigenvalue weighted by atomic mass is 16.2. The molecular weight excluding hydrogens is 318 g/mol. The smallest absolute Gasteiger partial charge is 0.273 e. The third kappa shape index (κ3) is 3.20. The maximum absolute atomic E-state index is 13.0. The molecule has 1 saturated heterocycles. The number of carbonyl (C=O) groups is 1. The average Bonchev–Trinajstić information content (AvgIpc) is 3.17. The summed E-state index contributed by atoms with van der Waals surface area (Å²) in [6, 6.07) is 0.268. The maximum atomic E-state index is 13.0. The summed E-state index contributed by atoms with van der Waals surface area (Å²) in [4.78, 5) is 31.8. The highest BCUT2D eigenvalue weighted by Gasteiger charge is 2.27. The maximum Gasteiger partial charge on any atom is 0.273 e. The third-order valence-corrected chi connectivity index (χ3v) is 5.16. The summed E-state index contributed by atoms with van der Waals surface area (Å²) >= 11 is 0. The first-order valence-corrected chi connectivity index (χ1v) is 8.99. The lowest BCUT2D eigenvalue weighted by atomic mass is 10.0. The van der Waals surface area contributed by atoms with Gasteiger partial charge in [0.2, 0.25) is 5.91 Å². The van der Waals surface area contributed by atoms with Gasteiger partial charge < -0.3 is 10.2 Å². The van der Waals surface area contributed by atoms with Crippen molar-refractivity contribution >= 4 is 16.9 Å². The van der Waals surface area contributed by atoms with Crippen molar-refractivity contribution in [1.29, 1.82) is 0 Å². The molecule has 2 N–H and O–H groups in total. The SMILES string of the molecule is CCCN(C(=O)Cc1c(C)nc2c(c1C)c(=O)[nH]n2C)C1CCNC1. The number of pyridine rings is 1. The summed E-state index contributed by atoms with van der Waals surface area (Å²) in [5.41, 5.74) is 3.04. The van der Waals surface area contributed by atoms with Crippen LogP contribution in [0.5, 0.6) is 0 Å². The number of rotatable bonds is 5. The summed E-state index contributed by atoms with van der Waals surface area (Å²) in [5.74, 6) is 0.121. The highest BCUT2D eigenvalue weighted by Crippen LogP contribution is 2.22. The largest absolute Gasteiger partial charge is 0.338 e. The summed E-state index contributed by atoms with van der Waals surface area (Å²) in [7, 11) is 1.77. The minimum atomic E-state index is -0.151. The van der Waals surface area contributed by atoms with Crippen LogP contribution in [0, 0.1) is 13.8 Å². The van der Waals surface area contributed by atoms with Crippen molar-refractivity contribution in [3.63, 3.8) is 0 Å². The topological polar surface area (TPSA) is 83.0 Å². The number of amides is 1. The highest BCUT2D eigenvalue weighted by molar-refractivity contribution is 5.85. The second-order valence-electron chi connectivity index (χ2n) is 6.91. The molecule has 1 unspecified atom stereocenters. The van der Waals surface area contributed by atoms with Gasteiger partial charge >= 0.3 is 0 Å². The molecule has 0 aromatic carbocycles. The quantitative estimate of drug-likeness (QED) is 0.848.